The average Bonchev–Trinajstić information content (AvgIpc) is 2.37. The third-order valence-corrected chi connectivity index (χ3v) is 2.52. The number of hydrogen-bond acceptors (Lipinski definition) is 3. The number of aliphatic carboxylic acids is 1. The van der Waals surface area contributed by atoms with Crippen molar-refractivity contribution in [3.8, 4) is 0 Å². The van der Waals surface area contributed by atoms with Gasteiger partial charge in [0.25, 0.3) is 0 Å². The molecule has 6 nitrogen and oxygen atoms in total. The number of hydrogen-bond donors (Lipinski definition) is 3. The molecule has 104 valence electrons. The second-order valence-corrected chi connectivity index (χ2v) is 4.14. The van der Waals surface area contributed by atoms with Crippen LogP contribution in [0.4, 0.5) is 10.5 Å². The molecule has 1 unspecified atom stereocenters. The highest BCUT2D eigenvalue weighted by Gasteiger charge is 2.19. The maximum atomic E-state index is 11.6. The number of ether oxygens (including phenoxy) is 1. The fraction of sp³-hybridized carbons (Fsp3) is 0.385. The van der Waals surface area contributed by atoms with Crippen molar-refractivity contribution >= 4 is 17.7 Å². The smallest absolute Gasteiger partial charge is 0.326 e. The van der Waals surface area contributed by atoms with Crippen LogP contribution in [0.5, 0.6) is 0 Å². The minimum Gasteiger partial charge on any atom is -0.480 e. The zero-order chi connectivity index (χ0) is 14.3. The summed E-state index contributed by atoms with van der Waals surface area (Å²) >= 11 is 0. The topological polar surface area (TPSA) is 87.7 Å². The van der Waals surface area contributed by atoms with E-state index in [1.165, 1.54) is 7.11 Å². The highest BCUT2D eigenvalue weighted by Crippen LogP contribution is 2.08. The van der Waals surface area contributed by atoms with E-state index in [0.29, 0.717) is 5.69 Å². The molecule has 6 heteroatoms. The van der Waals surface area contributed by atoms with E-state index in [1.54, 1.807) is 12.1 Å². The number of benzene rings is 1. The minimum atomic E-state index is -1.09. The molecule has 3 N–H and O–H groups in total. The lowest BCUT2D eigenvalue weighted by molar-refractivity contribution is -0.139. The lowest BCUT2D eigenvalue weighted by Gasteiger charge is -2.14. The molecule has 0 aliphatic carbocycles. The molecule has 2 amide bonds. The van der Waals surface area contributed by atoms with Gasteiger partial charge in [0.2, 0.25) is 0 Å². The van der Waals surface area contributed by atoms with Crippen LogP contribution in [0.25, 0.3) is 0 Å². The van der Waals surface area contributed by atoms with Crippen LogP contribution in [0.2, 0.25) is 0 Å². The number of carbonyl (C=O) groups is 2. The summed E-state index contributed by atoms with van der Waals surface area (Å²) in [6, 6.07) is 5.70. The summed E-state index contributed by atoms with van der Waals surface area (Å²) in [5.74, 6) is -1.09. The molecule has 1 aromatic rings. The molecule has 0 spiro atoms. The van der Waals surface area contributed by atoms with Crippen LogP contribution in [-0.2, 0) is 9.53 Å². The molecule has 0 saturated heterocycles. The van der Waals surface area contributed by atoms with E-state index in [-0.39, 0.29) is 13.0 Å². The number of urea groups is 1. The fourth-order valence-electron chi connectivity index (χ4n) is 1.46. The van der Waals surface area contributed by atoms with Gasteiger partial charge in [0.15, 0.2) is 0 Å². The highest BCUT2D eigenvalue weighted by atomic mass is 16.5. The molecule has 0 aliphatic heterocycles. The first kappa shape index (κ1) is 15.0. The molecule has 0 heterocycles. The Kier molecular flexibility index (Phi) is 5.81. The third kappa shape index (κ3) is 5.39. The molecular formula is C13H18N2O4. The van der Waals surface area contributed by atoms with E-state index in [4.69, 9.17) is 9.84 Å². The highest BCUT2D eigenvalue weighted by molar-refractivity contribution is 5.92. The Morgan fingerprint density at radius 3 is 2.47 bits per heavy atom. The molecule has 0 aromatic heterocycles. The number of carboxylic acids is 1. The molecule has 0 saturated carbocycles. The van der Waals surface area contributed by atoms with Gasteiger partial charge in [0.05, 0.1) is 0 Å². The van der Waals surface area contributed by atoms with Gasteiger partial charge in [0.1, 0.15) is 6.04 Å². The summed E-state index contributed by atoms with van der Waals surface area (Å²) in [4.78, 5) is 22.6. The first-order valence-electron chi connectivity index (χ1n) is 5.89. The minimum absolute atomic E-state index is 0.215. The number of rotatable bonds is 6. The van der Waals surface area contributed by atoms with Crippen molar-refractivity contribution in [1.29, 1.82) is 0 Å². The van der Waals surface area contributed by atoms with Gasteiger partial charge >= 0.3 is 12.0 Å². The third-order valence-electron chi connectivity index (χ3n) is 2.52. The summed E-state index contributed by atoms with van der Waals surface area (Å²) in [6.07, 6.45) is 0.215. The zero-order valence-corrected chi connectivity index (χ0v) is 11.0. The first-order valence-corrected chi connectivity index (χ1v) is 5.89. The van der Waals surface area contributed by atoms with E-state index < -0.39 is 18.0 Å². The van der Waals surface area contributed by atoms with Crippen LogP contribution in [0.3, 0.4) is 0 Å². The Labute approximate surface area is 111 Å². The number of methoxy groups -OCH3 is 1. The largest absolute Gasteiger partial charge is 0.480 e. The summed E-state index contributed by atoms with van der Waals surface area (Å²) in [6.45, 7) is 2.21. The van der Waals surface area contributed by atoms with E-state index in [2.05, 4.69) is 10.6 Å². The van der Waals surface area contributed by atoms with Crippen molar-refractivity contribution in [2.75, 3.05) is 19.0 Å². The molecule has 0 radical (unpaired) electrons. The number of aryl methyl sites for hydroxylation is 1. The molecule has 1 rings (SSSR count). The summed E-state index contributed by atoms with van der Waals surface area (Å²) in [5, 5.41) is 13.9. The Morgan fingerprint density at radius 1 is 1.32 bits per heavy atom. The van der Waals surface area contributed by atoms with E-state index in [9.17, 15) is 9.59 Å². The van der Waals surface area contributed by atoms with Crippen molar-refractivity contribution in [3.63, 3.8) is 0 Å². The van der Waals surface area contributed by atoms with Gasteiger partial charge in [-0.25, -0.2) is 9.59 Å². The van der Waals surface area contributed by atoms with Gasteiger partial charge < -0.3 is 20.5 Å². The predicted octanol–water partition coefficient (Wildman–Crippen LogP) is 1.61. The molecular weight excluding hydrogens is 248 g/mol. The van der Waals surface area contributed by atoms with Crippen LogP contribution in [0.1, 0.15) is 12.0 Å². The van der Waals surface area contributed by atoms with Crippen molar-refractivity contribution in [3.05, 3.63) is 29.8 Å². The average molecular weight is 266 g/mol. The number of anilines is 1. The number of amides is 2. The van der Waals surface area contributed by atoms with Gasteiger partial charge in [-0.2, -0.15) is 0 Å². The van der Waals surface area contributed by atoms with Crippen LogP contribution in [-0.4, -0.2) is 36.9 Å². The molecule has 0 aliphatic rings. The number of nitrogens with one attached hydrogen (secondary N) is 2. The van der Waals surface area contributed by atoms with Gasteiger partial charge in [0, 0.05) is 25.8 Å². The van der Waals surface area contributed by atoms with Crippen LogP contribution in [0, 0.1) is 6.92 Å². The van der Waals surface area contributed by atoms with Crippen LogP contribution in [0.15, 0.2) is 24.3 Å². The van der Waals surface area contributed by atoms with E-state index in [1.807, 2.05) is 19.1 Å². The van der Waals surface area contributed by atoms with Crippen LogP contribution >= 0.6 is 0 Å². The Balaban J connectivity index is 2.52. The quantitative estimate of drug-likeness (QED) is 0.730. The number of carbonyl (C=O) groups excluding carboxylic acids is 1. The summed E-state index contributed by atoms with van der Waals surface area (Å²) in [7, 11) is 1.48. The Morgan fingerprint density at radius 2 is 1.95 bits per heavy atom. The van der Waals surface area contributed by atoms with Crippen molar-refractivity contribution < 1.29 is 19.4 Å². The SMILES string of the molecule is COCCC(NC(=O)Nc1ccc(C)cc1)C(=O)O. The molecule has 0 bridgehead atoms. The van der Waals surface area contributed by atoms with E-state index in [0.717, 1.165) is 5.56 Å². The monoisotopic (exact) mass is 266 g/mol. The maximum Gasteiger partial charge on any atom is 0.326 e. The molecule has 1 atom stereocenters. The Hall–Kier alpha value is -2.08. The van der Waals surface area contributed by atoms with Crippen LogP contribution < -0.4 is 10.6 Å². The Bertz CT molecular complexity index is 431. The normalized spacial score (nSPS) is 11.7. The van der Waals surface area contributed by atoms with Gasteiger partial charge in [-0.1, -0.05) is 17.7 Å². The molecule has 1 aromatic carbocycles. The second-order valence-electron chi connectivity index (χ2n) is 4.14. The lowest BCUT2D eigenvalue weighted by Crippen LogP contribution is -2.43. The van der Waals surface area contributed by atoms with Crippen molar-refractivity contribution in [1.82, 2.24) is 5.32 Å². The number of carboxylic acid groups (broad SMARTS) is 1. The summed E-state index contributed by atoms with van der Waals surface area (Å²) in [5.41, 5.74) is 1.69. The first-order chi connectivity index (χ1) is 9.02. The molecule has 0 fully saturated rings. The standard InChI is InChI=1S/C13H18N2O4/c1-9-3-5-10(6-4-9)14-13(18)15-11(12(16)17)7-8-19-2/h3-6,11H,7-8H2,1-2H3,(H,16,17)(H2,14,15,18). The fourth-order valence-corrected chi connectivity index (χ4v) is 1.46. The second kappa shape index (κ2) is 7.38. The van der Waals surface area contributed by atoms with Gasteiger partial charge in [-0.15, -0.1) is 0 Å². The van der Waals surface area contributed by atoms with Gasteiger partial charge in [-0.05, 0) is 19.1 Å². The van der Waals surface area contributed by atoms with Gasteiger partial charge in [-0.3, -0.25) is 0 Å². The predicted molar refractivity (Wildman–Crippen MR) is 71.3 cm³/mol. The van der Waals surface area contributed by atoms with E-state index >= 15 is 0 Å². The van der Waals surface area contributed by atoms with Crippen molar-refractivity contribution in [2.45, 2.75) is 19.4 Å². The van der Waals surface area contributed by atoms with Crippen molar-refractivity contribution in [2.24, 2.45) is 0 Å². The maximum absolute atomic E-state index is 11.6. The zero-order valence-electron chi connectivity index (χ0n) is 11.0. The summed E-state index contributed by atoms with van der Waals surface area (Å²) < 4.78 is 4.80. The molecule has 19 heavy (non-hydrogen) atoms. The lowest BCUT2D eigenvalue weighted by atomic mass is 10.2.